The van der Waals surface area contributed by atoms with E-state index in [0.29, 0.717) is 35.4 Å². The molecule has 0 radical (unpaired) electrons. The molecule has 3 aromatic rings. The van der Waals surface area contributed by atoms with Gasteiger partial charge in [0.15, 0.2) is 0 Å². The van der Waals surface area contributed by atoms with Gasteiger partial charge in [-0.1, -0.05) is 38.5 Å². The summed E-state index contributed by atoms with van der Waals surface area (Å²) in [6.45, 7) is 8.59. The van der Waals surface area contributed by atoms with Crippen molar-refractivity contribution in [2.45, 2.75) is 47.0 Å². The van der Waals surface area contributed by atoms with Crippen molar-refractivity contribution < 1.29 is 14.3 Å². The Bertz CT molecular complexity index is 1460. The fourth-order valence-electron chi connectivity index (χ4n) is 4.45. The molecule has 0 atom stereocenters. The predicted octanol–water partition coefficient (Wildman–Crippen LogP) is 6.03. The Morgan fingerprint density at radius 1 is 1.03 bits per heavy atom. The van der Waals surface area contributed by atoms with Crippen molar-refractivity contribution >= 4 is 17.9 Å². The van der Waals surface area contributed by atoms with Crippen molar-refractivity contribution in [3.8, 4) is 28.8 Å². The highest BCUT2D eigenvalue weighted by Crippen LogP contribution is 2.33. The van der Waals surface area contributed by atoms with Gasteiger partial charge in [0.25, 0.3) is 11.8 Å². The van der Waals surface area contributed by atoms with Crippen LogP contribution in [0.4, 0.5) is 0 Å². The molecular weight excluding hydrogens is 476 g/mol. The van der Waals surface area contributed by atoms with E-state index in [4.69, 9.17) is 9.84 Å². The number of carbonyl (C=O) groups excluding carboxylic acids is 2. The number of rotatable bonds is 9. The zero-order chi connectivity index (χ0) is 27.2. The summed E-state index contributed by atoms with van der Waals surface area (Å²) in [7, 11) is 0. The van der Waals surface area contributed by atoms with Crippen LogP contribution >= 0.6 is 0 Å². The van der Waals surface area contributed by atoms with Gasteiger partial charge in [0.2, 0.25) is 0 Å². The van der Waals surface area contributed by atoms with Gasteiger partial charge in [-0.25, -0.2) is 4.68 Å². The number of ether oxygens (including phenoxy) is 1. The number of imide groups is 1. The molecule has 0 bridgehead atoms. The highest BCUT2D eigenvalue weighted by Gasteiger charge is 2.35. The number of aromatic nitrogens is 2. The summed E-state index contributed by atoms with van der Waals surface area (Å²) in [4.78, 5) is 27.4. The second-order valence-electron chi connectivity index (χ2n) is 9.32. The van der Waals surface area contributed by atoms with Crippen molar-refractivity contribution in [2.24, 2.45) is 0 Å². The van der Waals surface area contributed by atoms with Crippen LogP contribution in [0.2, 0.25) is 0 Å². The zero-order valence-electron chi connectivity index (χ0n) is 22.3. The van der Waals surface area contributed by atoms with Crippen LogP contribution in [0.1, 0.15) is 51.2 Å². The van der Waals surface area contributed by atoms with Crippen LogP contribution < -0.4 is 4.74 Å². The van der Waals surface area contributed by atoms with Crippen molar-refractivity contribution in [3.63, 3.8) is 0 Å². The van der Waals surface area contributed by atoms with Crippen LogP contribution in [-0.4, -0.2) is 39.6 Å². The third-order valence-electron chi connectivity index (χ3n) is 6.56. The molecule has 2 heterocycles. The third-order valence-corrected chi connectivity index (χ3v) is 6.56. The number of hydrogen-bond acceptors (Lipinski definition) is 5. The summed E-state index contributed by atoms with van der Waals surface area (Å²) in [5.41, 5.74) is 4.86. The topological polar surface area (TPSA) is 88.2 Å². The van der Waals surface area contributed by atoms with Gasteiger partial charge in [0.1, 0.15) is 23.1 Å². The molecule has 1 aliphatic heterocycles. The van der Waals surface area contributed by atoms with Gasteiger partial charge < -0.3 is 4.74 Å². The lowest BCUT2D eigenvalue weighted by atomic mass is 9.92. The van der Waals surface area contributed by atoms with Crippen molar-refractivity contribution in [3.05, 3.63) is 82.6 Å². The fraction of sp³-hybridized carbons (Fsp3) is 0.290. The first kappa shape index (κ1) is 26.6. The van der Waals surface area contributed by atoms with E-state index < -0.39 is 11.8 Å². The van der Waals surface area contributed by atoms with Crippen LogP contribution in [0.15, 0.2) is 71.4 Å². The maximum absolute atomic E-state index is 13.4. The first-order valence-corrected chi connectivity index (χ1v) is 13.0. The second-order valence-corrected chi connectivity index (χ2v) is 9.32. The third kappa shape index (κ3) is 5.30. The first-order valence-electron chi connectivity index (χ1n) is 13.0. The minimum atomic E-state index is -0.538. The molecule has 0 spiro atoms. The van der Waals surface area contributed by atoms with Gasteiger partial charge in [-0.15, -0.1) is 0 Å². The predicted molar refractivity (Wildman–Crippen MR) is 147 cm³/mol. The van der Waals surface area contributed by atoms with Crippen molar-refractivity contribution in [1.82, 2.24) is 14.7 Å². The van der Waals surface area contributed by atoms with Gasteiger partial charge >= 0.3 is 0 Å². The molecule has 1 aromatic heterocycles. The Labute approximate surface area is 223 Å². The standard InChI is InChI=1S/C31H32N4O3/c1-5-7-16-38-25-13-14-26(21(3)17-25)29-23(20-35(33-29)24-11-9-8-10-12-24)18-27-22(4)28(19-32)31(37)34(15-6-2)30(27)36/h8-14,17-18,20H,5-7,15-16H2,1-4H3/b27-18+. The molecule has 1 aliphatic rings. The van der Waals surface area contributed by atoms with E-state index in [-0.39, 0.29) is 12.1 Å². The molecule has 4 rings (SSSR count). The monoisotopic (exact) mass is 508 g/mol. The number of unbranched alkanes of at least 4 members (excludes halogenated alkanes) is 1. The lowest BCUT2D eigenvalue weighted by molar-refractivity contribution is -0.140. The SMILES string of the molecule is CCCCOc1ccc(-c2nn(-c3ccccc3)cc2/C=C2/C(=O)N(CCC)C(=O)C(C#N)=C2C)c(C)c1. The van der Waals surface area contributed by atoms with E-state index in [1.807, 2.05) is 74.6 Å². The zero-order valence-corrected chi connectivity index (χ0v) is 22.3. The van der Waals surface area contributed by atoms with E-state index in [2.05, 4.69) is 6.92 Å². The highest BCUT2D eigenvalue weighted by atomic mass is 16.5. The van der Waals surface area contributed by atoms with Gasteiger partial charge in [-0.2, -0.15) is 10.4 Å². The number of nitriles is 1. The maximum Gasteiger partial charge on any atom is 0.271 e. The Hall–Kier alpha value is -4.44. The largest absolute Gasteiger partial charge is 0.494 e. The van der Waals surface area contributed by atoms with Crippen LogP contribution in [-0.2, 0) is 9.59 Å². The Balaban J connectivity index is 1.86. The highest BCUT2D eigenvalue weighted by molar-refractivity contribution is 6.19. The lowest BCUT2D eigenvalue weighted by Gasteiger charge is -2.27. The van der Waals surface area contributed by atoms with Crippen LogP contribution in [0, 0.1) is 18.3 Å². The van der Waals surface area contributed by atoms with Crippen LogP contribution in [0.25, 0.3) is 23.0 Å². The summed E-state index contributed by atoms with van der Waals surface area (Å²) in [5.74, 6) is -0.136. The molecule has 194 valence electrons. The van der Waals surface area contributed by atoms with Crippen molar-refractivity contribution in [2.75, 3.05) is 13.2 Å². The molecule has 7 nitrogen and oxygen atoms in total. The number of carbonyl (C=O) groups is 2. The Kier molecular flexibility index (Phi) is 8.22. The fourth-order valence-corrected chi connectivity index (χ4v) is 4.45. The molecule has 0 aliphatic carbocycles. The molecule has 0 fully saturated rings. The summed E-state index contributed by atoms with van der Waals surface area (Å²) in [6.07, 6.45) is 6.27. The van der Waals surface area contributed by atoms with Crippen molar-refractivity contribution in [1.29, 1.82) is 5.26 Å². The number of para-hydroxylation sites is 1. The van der Waals surface area contributed by atoms with Gasteiger partial charge in [0, 0.05) is 29.4 Å². The molecule has 2 aromatic carbocycles. The molecule has 0 saturated carbocycles. The lowest BCUT2D eigenvalue weighted by Crippen LogP contribution is -2.43. The average Bonchev–Trinajstić information content (AvgIpc) is 3.34. The first-order chi connectivity index (χ1) is 18.4. The second kappa shape index (κ2) is 11.7. The minimum Gasteiger partial charge on any atom is -0.494 e. The number of amides is 2. The molecule has 2 amide bonds. The van der Waals surface area contributed by atoms with Crippen LogP contribution in [0.5, 0.6) is 5.75 Å². The number of benzene rings is 2. The molecule has 0 saturated heterocycles. The number of hydrogen-bond donors (Lipinski definition) is 0. The van der Waals surface area contributed by atoms with Crippen LogP contribution in [0.3, 0.4) is 0 Å². The van der Waals surface area contributed by atoms with Gasteiger partial charge in [-0.3, -0.25) is 14.5 Å². The smallest absolute Gasteiger partial charge is 0.271 e. The molecular formula is C31H32N4O3. The van der Waals surface area contributed by atoms with Gasteiger partial charge in [0.05, 0.1) is 12.3 Å². The summed E-state index contributed by atoms with van der Waals surface area (Å²) < 4.78 is 7.66. The maximum atomic E-state index is 13.4. The van der Waals surface area contributed by atoms with E-state index in [1.165, 1.54) is 0 Å². The number of aryl methyl sites for hydroxylation is 1. The van der Waals surface area contributed by atoms with E-state index >= 15 is 0 Å². The quantitative estimate of drug-likeness (QED) is 0.200. The summed E-state index contributed by atoms with van der Waals surface area (Å²) in [6, 6.07) is 17.6. The Morgan fingerprint density at radius 3 is 2.45 bits per heavy atom. The van der Waals surface area contributed by atoms with E-state index in [9.17, 15) is 14.9 Å². The molecule has 0 N–H and O–H groups in total. The summed E-state index contributed by atoms with van der Waals surface area (Å²) in [5, 5.41) is 14.6. The van der Waals surface area contributed by atoms with E-state index in [1.54, 1.807) is 17.7 Å². The van der Waals surface area contributed by atoms with E-state index in [0.717, 1.165) is 40.3 Å². The normalized spacial score (nSPS) is 14.8. The average molecular weight is 509 g/mol. The van der Waals surface area contributed by atoms with Gasteiger partial charge in [-0.05, 0) is 74.2 Å². The molecule has 0 unspecified atom stereocenters. The summed E-state index contributed by atoms with van der Waals surface area (Å²) >= 11 is 0. The molecule has 7 heteroatoms. The minimum absolute atomic E-state index is 0.00828. The Morgan fingerprint density at radius 2 is 1.79 bits per heavy atom. The molecule has 38 heavy (non-hydrogen) atoms. The number of nitrogens with zero attached hydrogens (tertiary/aromatic N) is 4.